The molecule has 3 unspecified atom stereocenters. The van der Waals surface area contributed by atoms with E-state index in [1.54, 1.807) is 0 Å². The Labute approximate surface area is 120 Å². The third kappa shape index (κ3) is 2.12. The highest BCUT2D eigenvalue weighted by molar-refractivity contribution is 5.85. The van der Waals surface area contributed by atoms with Gasteiger partial charge < -0.3 is 10.0 Å². The first kappa shape index (κ1) is 14.7. The second kappa shape index (κ2) is 4.61. The largest absolute Gasteiger partial charge is 0.481 e. The lowest BCUT2D eigenvalue weighted by molar-refractivity contribution is -0.227. The van der Waals surface area contributed by atoms with Gasteiger partial charge in [-0.05, 0) is 31.1 Å². The van der Waals surface area contributed by atoms with Gasteiger partial charge in [0.05, 0.1) is 0 Å². The van der Waals surface area contributed by atoms with Crippen molar-refractivity contribution in [3.05, 3.63) is 0 Å². The van der Waals surface area contributed by atoms with Gasteiger partial charge in [0.2, 0.25) is 5.91 Å². The molecule has 1 N–H and O–H groups in total. The van der Waals surface area contributed by atoms with Gasteiger partial charge in [0.15, 0.2) is 5.41 Å². The van der Waals surface area contributed by atoms with Gasteiger partial charge in [-0.25, -0.2) is 0 Å². The van der Waals surface area contributed by atoms with Crippen molar-refractivity contribution in [1.82, 2.24) is 4.90 Å². The van der Waals surface area contributed by atoms with Gasteiger partial charge in [0.25, 0.3) is 0 Å². The van der Waals surface area contributed by atoms with E-state index in [1.165, 1.54) is 0 Å². The van der Waals surface area contributed by atoms with Crippen LogP contribution in [-0.2, 0) is 9.59 Å². The molecule has 3 aliphatic rings. The summed E-state index contributed by atoms with van der Waals surface area (Å²) in [6.07, 6.45) is -1.28. The van der Waals surface area contributed by atoms with Crippen LogP contribution in [0.4, 0.5) is 13.2 Å². The number of carbonyl (C=O) groups excluding carboxylic acids is 1. The van der Waals surface area contributed by atoms with E-state index in [0.717, 1.165) is 30.6 Å². The Balaban J connectivity index is 1.72. The molecule has 118 valence electrons. The van der Waals surface area contributed by atoms with E-state index >= 15 is 0 Å². The lowest BCUT2D eigenvalue weighted by Crippen LogP contribution is -2.48. The Bertz CT molecular complexity index is 467. The Morgan fingerprint density at radius 2 is 1.71 bits per heavy atom. The molecule has 2 saturated carbocycles. The third-order valence-corrected chi connectivity index (χ3v) is 5.47. The fraction of sp³-hybridized carbons (Fsp3) is 0.857. The van der Waals surface area contributed by atoms with E-state index in [1.807, 2.05) is 0 Å². The number of hydrogen-bond acceptors (Lipinski definition) is 2. The normalized spacial score (nSPS) is 39.0. The number of aliphatic carboxylic acids is 1. The number of alkyl halides is 3. The Morgan fingerprint density at radius 3 is 2.14 bits per heavy atom. The highest BCUT2D eigenvalue weighted by Crippen LogP contribution is 2.57. The third-order valence-electron chi connectivity index (χ3n) is 5.47. The molecular weight excluding hydrogens is 287 g/mol. The molecule has 0 aromatic rings. The predicted octanol–water partition coefficient (Wildman–Crippen LogP) is 2.29. The number of carboxylic acids is 1. The fourth-order valence-electron chi connectivity index (χ4n) is 4.09. The van der Waals surface area contributed by atoms with Crippen LogP contribution >= 0.6 is 0 Å². The van der Waals surface area contributed by atoms with E-state index in [9.17, 15) is 22.8 Å². The molecule has 7 heteroatoms. The average Bonchev–Trinajstić information content (AvgIpc) is 2.92. The molecule has 2 aliphatic carbocycles. The second-order valence-electron chi connectivity index (χ2n) is 6.53. The summed E-state index contributed by atoms with van der Waals surface area (Å²) in [6.45, 7) is -0.846. The number of amides is 1. The molecule has 1 aliphatic heterocycles. The topological polar surface area (TPSA) is 57.6 Å². The van der Waals surface area contributed by atoms with Gasteiger partial charge in [-0.3, -0.25) is 9.59 Å². The summed E-state index contributed by atoms with van der Waals surface area (Å²) in [7, 11) is 0. The minimum atomic E-state index is -4.83. The molecular formula is C14H18F3NO3. The van der Waals surface area contributed by atoms with Crippen molar-refractivity contribution in [3.8, 4) is 0 Å². The molecule has 3 fully saturated rings. The summed E-state index contributed by atoms with van der Waals surface area (Å²) in [5, 5.41) is 9.00. The van der Waals surface area contributed by atoms with Gasteiger partial charge in [-0.1, -0.05) is 12.8 Å². The van der Waals surface area contributed by atoms with Crippen molar-refractivity contribution in [2.24, 2.45) is 23.2 Å². The molecule has 0 radical (unpaired) electrons. The smallest absolute Gasteiger partial charge is 0.406 e. The van der Waals surface area contributed by atoms with Gasteiger partial charge in [-0.2, -0.15) is 13.2 Å². The summed E-state index contributed by atoms with van der Waals surface area (Å²) in [5.41, 5.74) is -2.79. The number of hydrogen-bond donors (Lipinski definition) is 1. The van der Waals surface area contributed by atoms with Gasteiger partial charge in [0, 0.05) is 19.0 Å². The zero-order chi connectivity index (χ0) is 15.4. The Kier molecular flexibility index (Phi) is 3.22. The summed E-state index contributed by atoms with van der Waals surface area (Å²) in [5.74, 6) is -1.67. The van der Waals surface area contributed by atoms with Crippen LogP contribution in [0.3, 0.4) is 0 Å². The van der Waals surface area contributed by atoms with Crippen LogP contribution in [0.2, 0.25) is 0 Å². The quantitative estimate of drug-likeness (QED) is 0.851. The molecule has 0 aromatic carbocycles. The number of nitrogens with zero attached hydrogens (tertiary/aromatic N) is 1. The maximum absolute atomic E-state index is 13.1. The SMILES string of the molecule is O=C(C1C2CCCCC21)N1CCC(C(=O)O)(C(F)(F)F)C1. The van der Waals surface area contributed by atoms with Crippen molar-refractivity contribution in [1.29, 1.82) is 0 Å². The molecule has 4 nitrogen and oxygen atoms in total. The van der Waals surface area contributed by atoms with Crippen molar-refractivity contribution >= 4 is 11.9 Å². The van der Waals surface area contributed by atoms with Gasteiger partial charge >= 0.3 is 12.1 Å². The van der Waals surface area contributed by atoms with Crippen LogP contribution in [-0.4, -0.2) is 41.1 Å². The summed E-state index contributed by atoms with van der Waals surface area (Å²) >= 11 is 0. The van der Waals surface area contributed by atoms with E-state index in [0.29, 0.717) is 11.8 Å². The minimum absolute atomic E-state index is 0.111. The molecule has 1 amide bonds. The highest BCUT2D eigenvalue weighted by Gasteiger charge is 2.65. The number of fused-ring (bicyclic) bond motifs is 1. The molecule has 0 bridgehead atoms. The Morgan fingerprint density at radius 1 is 1.14 bits per heavy atom. The van der Waals surface area contributed by atoms with Crippen molar-refractivity contribution in [2.45, 2.75) is 38.3 Å². The Hall–Kier alpha value is -1.27. The monoisotopic (exact) mass is 305 g/mol. The maximum Gasteiger partial charge on any atom is 0.406 e. The average molecular weight is 305 g/mol. The minimum Gasteiger partial charge on any atom is -0.481 e. The molecule has 3 rings (SSSR count). The van der Waals surface area contributed by atoms with Crippen LogP contribution in [0.15, 0.2) is 0 Å². The molecule has 3 atom stereocenters. The van der Waals surface area contributed by atoms with E-state index in [4.69, 9.17) is 5.11 Å². The molecule has 1 heterocycles. The van der Waals surface area contributed by atoms with Gasteiger partial charge in [-0.15, -0.1) is 0 Å². The van der Waals surface area contributed by atoms with E-state index < -0.39 is 30.5 Å². The van der Waals surface area contributed by atoms with Crippen LogP contribution in [0.25, 0.3) is 0 Å². The second-order valence-corrected chi connectivity index (χ2v) is 6.53. The van der Waals surface area contributed by atoms with E-state index in [-0.39, 0.29) is 18.4 Å². The van der Waals surface area contributed by atoms with Crippen LogP contribution in [0.1, 0.15) is 32.1 Å². The number of carbonyl (C=O) groups is 2. The van der Waals surface area contributed by atoms with Gasteiger partial charge in [0.1, 0.15) is 0 Å². The van der Waals surface area contributed by atoms with Crippen LogP contribution in [0.5, 0.6) is 0 Å². The number of rotatable bonds is 2. The van der Waals surface area contributed by atoms with Crippen LogP contribution < -0.4 is 0 Å². The van der Waals surface area contributed by atoms with Crippen molar-refractivity contribution < 1.29 is 27.9 Å². The molecule has 0 aromatic heterocycles. The van der Waals surface area contributed by atoms with Crippen molar-refractivity contribution in [3.63, 3.8) is 0 Å². The molecule has 0 spiro atoms. The first-order valence-corrected chi connectivity index (χ1v) is 7.37. The number of likely N-dealkylation sites (tertiary alicyclic amines) is 1. The lowest BCUT2D eigenvalue weighted by Gasteiger charge is -2.27. The molecule has 1 saturated heterocycles. The number of carboxylic acid groups (broad SMARTS) is 1. The van der Waals surface area contributed by atoms with Crippen LogP contribution in [0, 0.1) is 23.2 Å². The first-order valence-electron chi connectivity index (χ1n) is 7.37. The lowest BCUT2D eigenvalue weighted by atomic mass is 9.86. The summed E-state index contributed by atoms with van der Waals surface area (Å²) < 4.78 is 39.3. The fourth-order valence-corrected chi connectivity index (χ4v) is 4.09. The standard InChI is InChI=1S/C14H18F3NO3/c15-14(16,17)13(12(20)21)5-6-18(7-13)11(19)10-8-3-1-2-4-9(8)10/h8-10H,1-7H2,(H,20,21). The summed E-state index contributed by atoms with van der Waals surface area (Å²) in [6, 6.07) is 0. The zero-order valence-corrected chi connectivity index (χ0v) is 11.5. The maximum atomic E-state index is 13.1. The number of halogens is 3. The predicted molar refractivity (Wildman–Crippen MR) is 66.3 cm³/mol. The highest BCUT2D eigenvalue weighted by atomic mass is 19.4. The van der Waals surface area contributed by atoms with Crippen molar-refractivity contribution in [2.75, 3.05) is 13.1 Å². The first-order chi connectivity index (χ1) is 9.78. The van der Waals surface area contributed by atoms with E-state index in [2.05, 4.69) is 0 Å². The molecule has 21 heavy (non-hydrogen) atoms. The zero-order valence-electron chi connectivity index (χ0n) is 11.5. The summed E-state index contributed by atoms with van der Waals surface area (Å²) in [4.78, 5) is 24.6.